The van der Waals surface area contributed by atoms with Crippen LogP contribution in [0.25, 0.3) is 21.0 Å². The van der Waals surface area contributed by atoms with Crippen LogP contribution in [0.2, 0.25) is 0 Å². The molecular weight excluding hydrogens is 470 g/mol. The second kappa shape index (κ2) is 8.09. The van der Waals surface area contributed by atoms with Crippen molar-refractivity contribution in [1.29, 1.82) is 0 Å². The molecule has 2 heterocycles. The van der Waals surface area contributed by atoms with Crippen molar-refractivity contribution in [1.82, 2.24) is 9.29 Å². The lowest BCUT2D eigenvalue weighted by atomic mass is 10.1. The maximum atomic E-state index is 12.9. The highest BCUT2D eigenvalue weighted by Crippen LogP contribution is 2.32. The van der Waals surface area contributed by atoms with Crippen molar-refractivity contribution >= 4 is 57.5 Å². The van der Waals surface area contributed by atoms with E-state index in [-0.39, 0.29) is 28.0 Å². The van der Waals surface area contributed by atoms with Gasteiger partial charge in [-0.25, -0.2) is 21.8 Å². The highest BCUT2D eigenvalue weighted by atomic mass is 32.2. The standard InChI is InChI=1S/C21H19N3O5S3/c25-31(26,16-6-8-17(9-7-16)32(27,28)24-11-13-29-14-12-24)23-21-22-20-18-4-2-1-3-15(18)5-10-19(20)30-21/h1-10H,11-14H2,(H,22,23). The Hall–Kier alpha value is -2.57. The number of ether oxygens (including phenoxy) is 1. The Morgan fingerprint density at radius 3 is 2.31 bits per heavy atom. The number of hydrogen-bond donors (Lipinski definition) is 1. The molecule has 0 amide bonds. The van der Waals surface area contributed by atoms with Gasteiger partial charge in [0.1, 0.15) is 0 Å². The number of nitrogens with one attached hydrogen (secondary N) is 1. The number of fused-ring (bicyclic) bond motifs is 3. The minimum atomic E-state index is -3.93. The van der Waals surface area contributed by atoms with E-state index < -0.39 is 20.0 Å². The summed E-state index contributed by atoms with van der Waals surface area (Å²) in [5.41, 5.74) is 0.734. The Bertz CT molecular complexity index is 1510. The van der Waals surface area contributed by atoms with Gasteiger partial charge in [0, 0.05) is 18.5 Å². The van der Waals surface area contributed by atoms with Crippen molar-refractivity contribution in [3.05, 3.63) is 60.7 Å². The van der Waals surface area contributed by atoms with Crippen molar-refractivity contribution in [2.45, 2.75) is 9.79 Å². The fourth-order valence-electron chi connectivity index (χ4n) is 3.61. The van der Waals surface area contributed by atoms with Crippen LogP contribution in [0.4, 0.5) is 5.13 Å². The van der Waals surface area contributed by atoms with Crippen LogP contribution >= 0.6 is 11.3 Å². The first-order chi connectivity index (χ1) is 15.3. The fraction of sp³-hybridized carbons (Fsp3) is 0.190. The van der Waals surface area contributed by atoms with Gasteiger partial charge < -0.3 is 4.74 Å². The number of aromatic nitrogens is 1. The summed E-state index contributed by atoms with van der Waals surface area (Å²) < 4.78 is 61.2. The lowest BCUT2D eigenvalue weighted by Gasteiger charge is -2.26. The Morgan fingerprint density at radius 1 is 0.875 bits per heavy atom. The quantitative estimate of drug-likeness (QED) is 0.461. The molecule has 0 aliphatic carbocycles. The van der Waals surface area contributed by atoms with Crippen LogP contribution in [0.5, 0.6) is 0 Å². The zero-order valence-corrected chi connectivity index (χ0v) is 19.2. The van der Waals surface area contributed by atoms with E-state index in [1.807, 2.05) is 36.4 Å². The first-order valence-corrected chi connectivity index (χ1v) is 13.6. The normalized spacial score (nSPS) is 15.9. The van der Waals surface area contributed by atoms with Crippen molar-refractivity contribution < 1.29 is 21.6 Å². The van der Waals surface area contributed by atoms with Gasteiger partial charge in [0.2, 0.25) is 10.0 Å². The summed E-state index contributed by atoms with van der Waals surface area (Å²) in [4.78, 5) is 4.49. The summed E-state index contributed by atoms with van der Waals surface area (Å²) in [6.07, 6.45) is 0. The summed E-state index contributed by atoms with van der Waals surface area (Å²) in [5, 5.41) is 2.22. The third kappa shape index (κ3) is 3.86. The van der Waals surface area contributed by atoms with E-state index in [1.165, 1.54) is 39.9 Å². The predicted octanol–water partition coefficient (Wildman–Crippen LogP) is 3.27. The van der Waals surface area contributed by atoms with Gasteiger partial charge in [0.15, 0.2) is 5.13 Å². The zero-order valence-electron chi connectivity index (χ0n) is 16.8. The van der Waals surface area contributed by atoms with Gasteiger partial charge in [-0.2, -0.15) is 4.31 Å². The highest BCUT2D eigenvalue weighted by molar-refractivity contribution is 7.93. The molecule has 0 saturated carbocycles. The molecule has 166 valence electrons. The Labute approximate surface area is 189 Å². The second-order valence-corrected chi connectivity index (χ2v) is 11.9. The molecule has 1 aliphatic heterocycles. The maximum Gasteiger partial charge on any atom is 0.263 e. The van der Waals surface area contributed by atoms with Crippen molar-refractivity contribution in [2.75, 3.05) is 31.0 Å². The Balaban J connectivity index is 1.42. The van der Waals surface area contributed by atoms with E-state index in [0.29, 0.717) is 13.2 Å². The third-order valence-corrected chi connectivity index (χ3v) is 9.58. The Morgan fingerprint density at radius 2 is 1.56 bits per heavy atom. The number of morpholine rings is 1. The Kier molecular flexibility index (Phi) is 5.38. The number of nitrogens with zero attached hydrogens (tertiary/aromatic N) is 2. The summed E-state index contributed by atoms with van der Waals surface area (Å²) in [6.45, 7) is 1.23. The van der Waals surface area contributed by atoms with E-state index in [4.69, 9.17) is 4.74 Å². The summed E-state index contributed by atoms with van der Waals surface area (Å²) >= 11 is 1.24. The molecule has 0 spiro atoms. The lowest BCUT2D eigenvalue weighted by Crippen LogP contribution is -2.40. The first kappa shape index (κ1) is 21.3. The third-order valence-electron chi connectivity index (χ3n) is 5.25. The largest absolute Gasteiger partial charge is 0.379 e. The second-order valence-electron chi connectivity index (χ2n) is 7.25. The van der Waals surface area contributed by atoms with Crippen LogP contribution in [0.3, 0.4) is 0 Å². The topological polar surface area (TPSA) is 106 Å². The molecule has 0 radical (unpaired) electrons. The number of benzene rings is 3. The van der Waals surface area contributed by atoms with Crippen LogP contribution in [-0.4, -0.2) is 52.4 Å². The minimum Gasteiger partial charge on any atom is -0.379 e. The SMILES string of the molecule is O=S(=O)(Nc1nc2c(ccc3ccccc32)s1)c1ccc(S(=O)(=O)N2CCOCC2)cc1. The smallest absolute Gasteiger partial charge is 0.263 e. The molecule has 1 aromatic heterocycles. The molecule has 1 N–H and O–H groups in total. The van der Waals surface area contributed by atoms with Gasteiger partial charge in [0.05, 0.1) is 33.2 Å². The molecule has 0 bridgehead atoms. The number of thiazole rings is 1. The van der Waals surface area contributed by atoms with Gasteiger partial charge in [-0.15, -0.1) is 0 Å². The maximum absolute atomic E-state index is 12.9. The monoisotopic (exact) mass is 489 g/mol. The molecule has 5 rings (SSSR count). The van der Waals surface area contributed by atoms with E-state index in [9.17, 15) is 16.8 Å². The van der Waals surface area contributed by atoms with E-state index in [2.05, 4.69) is 9.71 Å². The van der Waals surface area contributed by atoms with E-state index >= 15 is 0 Å². The average molecular weight is 490 g/mol. The molecular formula is C21H19N3O5S3. The van der Waals surface area contributed by atoms with Crippen molar-refractivity contribution in [2.24, 2.45) is 0 Å². The first-order valence-electron chi connectivity index (χ1n) is 9.84. The summed E-state index contributed by atoms with van der Waals surface area (Å²) in [6, 6.07) is 16.9. The minimum absolute atomic E-state index is 0.0393. The van der Waals surface area contributed by atoms with Crippen molar-refractivity contribution in [3.63, 3.8) is 0 Å². The molecule has 0 unspecified atom stereocenters. The van der Waals surface area contributed by atoms with Gasteiger partial charge >= 0.3 is 0 Å². The van der Waals surface area contributed by atoms with Gasteiger partial charge in [0.25, 0.3) is 10.0 Å². The number of rotatable bonds is 5. The van der Waals surface area contributed by atoms with Gasteiger partial charge in [-0.1, -0.05) is 41.7 Å². The molecule has 0 atom stereocenters. The molecule has 3 aromatic carbocycles. The highest BCUT2D eigenvalue weighted by Gasteiger charge is 2.27. The van der Waals surface area contributed by atoms with Gasteiger partial charge in [-0.05, 0) is 35.7 Å². The average Bonchev–Trinajstić information content (AvgIpc) is 3.22. The van der Waals surface area contributed by atoms with Crippen LogP contribution in [0, 0.1) is 0 Å². The van der Waals surface area contributed by atoms with Crippen molar-refractivity contribution in [3.8, 4) is 0 Å². The molecule has 8 nitrogen and oxygen atoms in total. The number of anilines is 1. The van der Waals surface area contributed by atoms with Crippen LogP contribution in [0.15, 0.2) is 70.5 Å². The van der Waals surface area contributed by atoms with Crippen LogP contribution in [-0.2, 0) is 24.8 Å². The number of sulfonamides is 2. The molecule has 11 heteroatoms. The summed E-state index contributed by atoms with van der Waals surface area (Å²) in [5.74, 6) is 0. The summed E-state index contributed by atoms with van der Waals surface area (Å²) in [7, 11) is -7.63. The molecule has 1 fully saturated rings. The van der Waals surface area contributed by atoms with Crippen LogP contribution < -0.4 is 4.72 Å². The lowest BCUT2D eigenvalue weighted by molar-refractivity contribution is 0.0730. The van der Waals surface area contributed by atoms with Gasteiger partial charge in [-0.3, -0.25) is 4.72 Å². The predicted molar refractivity (Wildman–Crippen MR) is 124 cm³/mol. The molecule has 32 heavy (non-hydrogen) atoms. The number of hydrogen-bond acceptors (Lipinski definition) is 7. The molecule has 4 aromatic rings. The van der Waals surface area contributed by atoms with Crippen LogP contribution in [0.1, 0.15) is 0 Å². The van der Waals surface area contributed by atoms with E-state index in [0.717, 1.165) is 21.0 Å². The van der Waals surface area contributed by atoms with E-state index in [1.54, 1.807) is 0 Å². The molecule has 1 saturated heterocycles. The zero-order chi connectivity index (χ0) is 22.3. The fourth-order valence-corrected chi connectivity index (χ4v) is 7.13. The molecule has 1 aliphatic rings.